The number of rotatable bonds is 6. The lowest BCUT2D eigenvalue weighted by Gasteiger charge is -2.36. The number of amides is 1. The summed E-state index contributed by atoms with van der Waals surface area (Å²) in [6, 6.07) is 0.529. The molecule has 1 N–H and O–H groups in total. The SMILES string of the molecule is CCCC1CCCCN1C(=O)CCCNC. The van der Waals surface area contributed by atoms with E-state index in [1.54, 1.807) is 0 Å². The Morgan fingerprint density at radius 1 is 1.44 bits per heavy atom. The molecule has 3 heteroatoms. The number of piperidine rings is 1. The summed E-state index contributed by atoms with van der Waals surface area (Å²) in [4.78, 5) is 14.2. The van der Waals surface area contributed by atoms with E-state index in [0.29, 0.717) is 18.4 Å². The predicted octanol–water partition coefficient (Wildman–Crippen LogP) is 2.17. The normalized spacial score (nSPS) is 21.1. The molecule has 0 aromatic heterocycles. The Morgan fingerprint density at radius 3 is 2.94 bits per heavy atom. The third-order valence-corrected chi connectivity index (χ3v) is 3.39. The van der Waals surface area contributed by atoms with E-state index in [4.69, 9.17) is 0 Å². The number of hydrogen-bond acceptors (Lipinski definition) is 2. The second-order valence-electron chi connectivity index (χ2n) is 4.73. The molecule has 1 atom stereocenters. The zero-order valence-corrected chi connectivity index (χ0v) is 10.8. The molecule has 0 spiro atoms. The van der Waals surface area contributed by atoms with Crippen LogP contribution in [0.2, 0.25) is 0 Å². The minimum absolute atomic E-state index is 0.369. The molecule has 0 radical (unpaired) electrons. The van der Waals surface area contributed by atoms with E-state index in [-0.39, 0.29) is 0 Å². The molecular formula is C13H26N2O. The molecule has 1 unspecified atom stereocenters. The van der Waals surface area contributed by atoms with Crippen LogP contribution in [0.4, 0.5) is 0 Å². The largest absolute Gasteiger partial charge is 0.340 e. The fourth-order valence-corrected chi connectivity index (χ4v) is 2.52. The zero-order valence-electron chi connectivity index (χ0n) is 10.8. The number of likely N-dealkylation sites (tertiary alicyclic amines) is 1. The summed E-state index contributed by atoms with van der Waals surface area (Å²) in [7, 11) is 1.94. The quantitative estimate of drug-likeness (QED) is 0.704. The van der Waals surface area contributed by atoms with Crippen molar-refractivity contribution in [2.75, 3.05) is 20.1 Å². The lowest BCUT2D eigenvalue weighted by atomic mass is 9.97. The molecule has 1 fully saturated rings. The van der Waals surface area contributed by atoms with Gasteiger partial charge >= 0.3 is 0 Å². The second kappa shape index (κ2) is 7.66. The molecule has 1 rings (SSSR count). The molecule has 1 amide bonds. The van der Waals surface area contributed by atoms with Crippen molar-refractivity contribution in [3.05, 3.63) is 0 Å². The summed E-state index contributed by atoms with van der Waals surface area (Å²) >= 11 is 0. The second-order valence-corrected chi connectivity index (χ2v) is 4.73. The molecule has 0 aromatic carbocycles. The van der Waals surface area contributed by atoms with E-state index in [9.17, 15) is 4.79 Å². The van der Waals surface area contributed by atoms with Crippen LogP contribution in [0.1, 0.15) is 51.9 Å². The van der Waals surface area contributed by atoms with Gasteiger partial charge in [-0.2, -0.15) is 0 Å². The Balaban J connectivity index is 2.37. The van der Waals surface area contributed by atoms with E-state index >= 15 is 0 Å². The van der Waals surface area contributed by atoms with Crippen LogP contribution in [-0.4, -0.2) is 37.0 Å². The highest BCUT2D eigenvalue weighted by Gasteiger charge is 2.25. The van der Waals surface area contributed by atoms with E-state index in [1.165, 1.54) is 32.1 Å². The van der Waals surface area contributed by atoms with Crippen LogP contribution in [-0.2, 0) is 4.79 Å². The summed E-state index contributed by atoms with van der Waals surface area (Å²) in [5, 5.41) is 3.09. The zero-order chi connectivity index (χ0) is 11.8. The van der Waals surface area contributed by atoms with Crippen molar-refractivity contribution in [1.29, 1.82) is 0 Å². The van der Waals surface area contributed by atoms with Crippen molar-refractivity contribution < 1.29 is 4.79 Å². The Hall–Kier alpha value is -0.570. The average Bonchev–Trinajstić information content (AvgIpc) is 2.30. The van der Waals surface area contributed by atoms with Gasteiger partial charge in [0.25, 0.3) is 0 Å². The Kier molecular flexibility index (Phi) is 6.46. The van der Waals surface area contributed by atoms with E-state index in [1.807, 2.05) is 7.05 Å². The Labute approximate surface area is 99.6 Å². The molecule has 0 saturated carbocycles. The molecule has 16 heavy (non-hydrogen) atoms. The van der Waals surface area contributed by atoms with Gasteiger partial charge < -0.3 is 10.2 Å². The van der Waals surface area contributed by atoms with E-state index < -0.39 is 0 Å². The molecular weight excluding hydrogens is 200 g/mol. The van der Waals surface area contributed by atoms with E-state index in [0.717, 1.165) is 19.5 Å². The van der Waals surface area contributed by atoms with Crippen molar-refractivity contribution in [1.82, 2.24) is 10.2 Å². The smallest absolute Gasteiger partial charge is 0.222 e. The third-order valence-electron chi connectivity index (χ3n) is 3.39. The van der Waals surface area contributed by atoms with Gasteiger partial charge in [0.05, 0.1) is 0 Å². The van der Waals surface area contributed by atoms with Crippen molar-refractivity contribution in [3.8, 4) is 0 Å². The van der Waals surface area contributed by atoms with Gasteiger partial charge in [0.1, 0.15) is 0 Å². The summed E-state index contributed by atoms with van der Waals surface area (Å²) in [5.74, 6) is 0.369. The van der Waals surface area contributed by atoms with Gasteiger partial charge in [-0.3, -0.25) is 4.79 Å². The topological polar surface area (TPSA) is 32.3 Å². The minimum Gasteiger partial charge on any atom is -0.340 e. The van der Waals surface area contributed by atoms with Crippen LogP contribution in [0.25, 0.3) is 0 Å². The molecule has 0 bridgehead atoms. The Morgan fingerprint density at radius 2 is 2.25 bits per heavy atom. The van der Waals surface area contributed by atoms with Crippen molar-refractivity contribution in [2.24, 2.45) is 0 Å². The van der Waals surface area contributed by atoms with E-state index in [2.05, 4.69) is 17.1 Å². The Bertz CT molecular complexity index is 204. The predicted molar refractivity (Wildman–Crippen MR) is 67.4 cm³/mol. The van der Waals surface area contributed by atoms with Crippen molar-refractivity contribution in [3.63, 3.8) is 0 Å². The maximum Gasteiger partial charge on any atom is 0.222 e. The highest BCUT2D eigenvalue weighted by atomic mass is 16.2. The lowest BCUT2D eigenvalue weighted by Crippen LogP contribution is -2.43. The first-order valence-electron chi connectivity index (χ1n) is 6.73. The van der Waals surface area contributed by atoms with Gasteiger partial charge in [0, 0.05) is 19.0 Å². The molecule has 1 aliphatic rings. The van der Waals surface area contributed by atoms with Gasteiger partial charge in [0.2, 0.25) is 5.91 Å². The van der Waals surface area contributed by atoms with Gasteiger partial charge in [-0.25, -0.2) is 0 Å². The molecule has 3 nitrogen and oxygen atoms in total. The van der Waals surface area contributed by atoms with Crippen molar-refractivity contribution in [2.45, 2.75) is 57.9 Å². The van der Waals surface area contributed by atoms with Crippen LogP contribution in [0.15, 0.2) is 0 Å². The van der Waals surface area contributed by atoms with Gasteiger partial charge in [-0.05, 0) is 45.7 Å². The first kappa shape index (κ1) is 13.5. The highest BCUT2D eigenvalue weighted by molar-refractivity contribution is 5.76. The molecule has 1 heterocycles. The number of nitrogens with zero attached hydrogens (tertiary/aromatic N) is 1. The summed E-state index contributed by atoms with van der Waals surface area (Å²) < 4.78 is 0. The van der Waals surface area contributed by atoms with Crippen LogP contribution >= 0.6 is 0 Å². The maximum atomic E-state index is 12.1. The maximum absolute atomic E-state index is 12.1. The molecule has 0 aliphatic carbocycles. The molecule has 1 aliphatic heterocycles. The summed E-state index contributed by atoms with van der Waals surface area (Å²) in [6.07, 6.45) is 7.74. The standard InChI is InChI=1S/C13H26N2O/c1-3-7-12-8-4-5-11-15(12)13(16)9-6-10-14-2/h12,14H,3-11H2,1-2H3. The lowest BCUT2D eigenvalue weighted by molar-refractivity contribution is -0.135. The monoisotopic (exact) mass is 226 g/mol. The van der Waals surface area contributed by atoms with Crippen LogP contribution in [0.3, 0.4) is 0 Å². The van der Waals surface area contributed by atoms with Crippen LogP contribution in [0, 0.1) is 0 Å². The summed E-state index contributed by atoms with van der Waals surface area (Å²) in [5.41, 5.74) is 0. The van der Waals surface area contributed by atoms with Gasteiger partial charge in [-0.15, -0.1) is 0 Å². The van der Waals surface area contributed by atoms with Gasteiger partial charge in [-0.1, -0.05) is 13.3 Å². The number of nitrogens with one attached hydrogen (secondary N) is 1. The molecule has 0 aromatic rings. The number of carbonyl (C=O) groups is 1. The highest BCUT2D eigenvalue weighted by Crippen LogP contribution is 2.21. The third kappa shape index (κ3) is 4.12. The molecule has 94 valence electrons. The summed E-state index contributed by atoms with van der Waals surface area (Å²) in [6.45, 7) is 4.14. The minimum atomic E-state index is 0.369. The first-order valence-corrected chi connectivity index (χ1v) is 6.73. The van der Waals surface area contributed by atoms with Crippen LogP contribution in [0.5, 0.6) is 0 Å². The fourth-order valence-electron chi connectivity index (χ4n) is 2.52. The molecule has 1 saturated heterocycles. The van der Waals surface area contributed by atoms with Gasteiger partial charge in [0.15, 0.2) is 0 Å². The van der Waals surface area contributed by atoms with Crippen LogP contribution < -0.4 is 5.32 Å². The first-order chi connectivity index (χ1) is 7.79. The number of carbonyl (C=O) groups excluding carboxylic acids is 1. The van der Waals surface area contributed by atoms with Crippen molar-refractivity contribution >= 4 is 5.91 Å². The number of hydrogen-bond donors (Lipinski definition) is 1. The average molecular weight is 226 g/mol. The fraction of sp³-hybridized carbons (Fsp3) is 0.923.